The van der Waals surface area contributed by atoms with Gasteiger partial charge in [0.1, 0.15) is 11.6 Å². The van der Waals surface area contributed by atoms with Crippen LogP contribution in [-0.4, -0.2) is 51.9 Å². The van der Waals surface area contributed by atoms with E-state index in [9.17, 15) is 4.79 Å². The molecule has 154 valence electrons. The first kappa shape index (κ1) is 20.4. The van der Waals surface area contributed by atoms with E-state index in [1.54, 1.807) is 0 Å². The zero-order chi connectivity index (χ0) is 20.1. The molecular weight excluding hydrogens is 360 g/mol. The summed E-state index contributed by atoms with van der Waals surface area (Å²) in [5.74, 6) is 0.585. The SMILES string of the molecule is CCOc1nc2ccc(OC3CCC(OC[C@H](C)NC(C)=O)CC3)nc2n1C. The molecule has 0 saturated heterocycles. The largest absolute Gasteiger partial charge is 0.474 e. The number of imidazole rings is 1. The maximum atomic E-state index is 11.1. The number of amides is 1. The molecule has 2 aromatic heterocycles. The number of ether oxygens (including phenoxy) is 3. The summed E-state index contributed by atoms with van der Waals surface area (Å²) < 4.78 is 19.4. The van der Waals surface area contributed by atoms with Crippen molar-refractivity contribution < 1.29 is 19.0 Å². The molecule has 3 rings (SSSR count). The average molecular weight is 390 g/mol. The lowest BCUT2D eigenvalue weighted by molar-refractivity contribution is -0.120. The maximum Gasteiger partial charge on any atom is 0.298 e. The van der Waals surface area contributed by atoms with E-state index in [1.165, 1.54) is 6.92 Å². The van der Waals surface area contributed by atoms with Crippen LogP contribution in [0, 0.1) is 0 Å². The van der Waals surface area contributed by atoms with Crippen LogP contribution in [0.15, 0.2) is 12.1 Å². The summed E-state index contributed by atoms with van der Waals surface area (Å²) in [7, 11) is 1.89. The normalized spacial score (nSPS) is 20.7. The molecule has 1 aliphatic rings. The minimum Gasteiger partial charge on any atom is -0.474 e. The Labute approximate surface area is 165 Å². The summed E-state index contributed by atoms with van der Waals surface area (Å²) in [4.78, 5) is 20.1. The van der Waals surface area contributed by atoms with Crippen LogP contribution in [-0.2, 0) is 16.6 Å². The Morgan fingerprint density at radius 3 is 2.64 bits per heavy atom. The van der Waals surface area contributed by atoms with Gasteiger partial charge in [0.05, 0.1) is 19.3 Å². The van der Waals surface area contributed by atoms with E-state index in [1.807, 2.05) is 37.6 Å². The van der Waals surface area contributed by atoms with Crippen molar-refractivity contribution in [2.75, 3.05) is 13.2 Å². The van der Waals surface area contributed by atoms with E-state index in [-0.39, 0.29) is 24.2 Å². The number of hydrogen-bond acceptors (Lipinski definition) is 6. The van der Waals surface area contributed by atoms with E-state index < -0.39 is 0 Å². The third kappa shape index (κ3) is 5.13. The van der Waals surface area contributed by atoms with Gasteiger partial charge in [0, 0.05) is 26.1 Å². The van der Waals surface area contributed by atoms with Crippen molar-refractivity contribution in [1.29, 1.82) is 0 Å². The molecule has 1 atom stereocenters. The summed E-state index contributed by atoms with van der Waals surface area (Å²) in [6.45, 7) is 6.51. The van der Waals surface area contributed by atoms with Crippen molar-refractivity contribution in [2.24, 2.45) is 7.05 Å². The Morgan fingerprint density at radius 1 is 1.25 bits per heavy atom. The lowest BCUT2D eigenvalue weighted by Gasteiger charge is -2.29. The lowest BCUT2D eigenvalue weighted by Crippen LogP contribution is -2.36. The summed E-state index contributed by atoms with van der Waals surface area (Å²) in [6.07, 6.45) is 4.09. The standard InChI is InChI=1S/C20H30N4O4/c1-5-26-20-22-17-10-11-18(23-19(17)24(20)4)28-16-8-6-15(7-9-16)27-12-13(2)21-14(3)25/h10-11,13,15-16H,5-9,12H2,1-4H3,(H,21,25)/t13-,15?,16?/m0/s1. The molecule has 0 spiro atoms. The topological polar surface area (TPSA) is 87.5 Å². The fourth-order valence-corrected chi connectivity index (χ4v) is 3.51. The van der Waals surface area contributed by atoms with Gasteiger partial charge in [-0.3, -0.25) is 9.36 Å². The first-order valence-electron chi connectivity index (χ1n) is 9.98. The van der Waals surface area contributed by atoms with Crippen molar-refractivity contribution in [3.05, 3.63) is 12.1 Å². The number of pyridine rings is 1. The minimum atomic E-state index is -0.0283. The van der Waals surface area contributed by atoms with Gasteiger partial charge in [-0.2, -0.15) is 9.97 Å². The first-order chi connectivity index (χ1) is 13.5. The van der Waals surface area contributed by atoms with Crippen LogP contribution in [0.3, 0.4) is 0 Å². The van der Waals surface area contributed by atoms with Crippen LogP contribution in [0.4, 0.5) is 0 Å². The Hall–Kier alpha value is -2.35. The third-order valence-corrected chi connectivity index (χ3v) is 4.86. The van der Waals surface area contributed by atoms with Crippen LogP contribution in [0.2, 0.25) is 0 Å². The highest BCUT2D eigenvalue weighted by Crippen LogP contribution is 2.27. The predicted octanol–water partition coefficient (Wildman–Crippen LogP) is 2.60. The van der Waals surface area contributed by atoms with E-state index in [0.29, 0.717) is 25.1 Å². The molecular formula is C20H30N4O4. The summed E-state index contributed by atoms with van der Waals surface area (Å²) in [5.41, 5.74) is 1.55. The van der Waals surface area contributed by atoms with Gasteiger partial charge in [-0.15, -0.1) is 0 Å². The molecule has 1 saturated carbocycles. The van der Waals surface area contributed by atoms with Gasteiger partial charge in [-0.05, 0) is 45.6 Å². The predicted molar refractivity (Wildman–Crippen MR) is 106 cm³/mol. The van der Waals surface area contributed by atoms with Crippen LogP contribution in [0.5, 0.6) is 11.9 Å². The molecule has 8 heteroatoms. The number of nitrogens with zero attached hydrogens (tertiary/aromatic N) is 3. The molecule has 0 bridgehead atoms. The average Bonchev–Trinajstić information content (AvgIpc) is 2.97. The number of carbonyl (C=O) groups is 1. The highest BCUT2D eigenvalue weighted by molar-refractivity contribution is 5.73. The number of aryl methyl sites for hydroxylation is 1. The minimum absolute atomic E-state index is 0.0283. The Morgan fingerprint density at radius 2 is 1.96 bits per heavy atom. The number of nitrogens with one attached hydrogen (secondary N) is 1. The zero-order valence-electron chi connectivity index (χ0n) is 17.1. The Bertz CT molecular complexity index is 799. The number of aromatic nitrogens is 3. The molecule has 1 aliphatic carbocycles. The highest BCUT2D eigenvalue weighted by atomic mass is 16.5. The summed E-state index contributed by atoms with van der Waals surface area (Å²) in [5, 5.41) is 2.84. The summed E-state index contributed by atoms with van der Waals surface area (Å²) in [6, 6.07) is 4.37. The van der Waals surface area contributed by atoms with Crippen LogP contribution in [0.25, 0.3) is 11.2 Å². The van der Waals surface area contributed by atoms with E-state index in [4.69, 9.17) is 14.2 Å². The van der Waals surface area contributed by atoms with Crippen molar-refractivity contribution >= 4 is 17.1 Å². The molecule has 2 heterocycles. The second-order valence-corrected chi connectivity index (χ2v) is 7.33. The van der Waals surface area contributed by atoms with E-state index in [0.717, 1.165) is 36.8 Å². The van der Waals surface area contributed by atoms with Crippen molar-refractivity contribution in [3.8, 4) is 11.9 Å². The Balaban J connectivity index is 1.50. The van der Waals surface area contributed by atoms with Gasteiger partial charge in [-0.25, -0.2) is 0 Å². The molecule has 1 N–H and O–H groups in total. The third-order valence-electron chi connectivity index (χ3n) is 4.86. The van der Waals surface area contributed by atoms with E-state index >= 15 is 0 Å². The molecule has 2 aromatic rings. The number of hydrogen-bond donors (Lipinski definition) is 1. The molecule has 1 amide bonds. The van der Waals surface area contributed by atoms with Gasteiger partial charge in [0.15, 0.2) is 5.65 Å². The van der Waals surface area contributed by atoms with Gasteiger partial charge >= 0.3 is 0 Å². The number of rotatable bonds is 8. The second-order valence-electron chi connectivity index (χ2n) is 7.33. The smallest absolute Gasteiger partial charge is 0.298 e. The summed E-state index contributed by atoms with van der Waals surface area (Å²) >= 11 is 0. The molecule has 0 aliphatic heterocycles. The van der Waals surface area contributed by atoms with Gasteiger partial charge in [0.25, 0.3) is 6.01 Å². The van der Waals surface area contributed by atoms with Gasteiger partial charge in [0.2, 0.25) is 11.8 Å². The lowest BCUT2D eigenvalue weighted by atomic mass is 9.95. The number of fused-ring (bicyclic) bond motifs is 1. The monoisotopic (exact) mass is 390 g/mol. The van der Waals surface area contributed by atoms with Crippen LogP contribution < -0.4 is 14.8 Å². The van der Waals surface area contributed by atoms with Gasteiger partial charge < -0.3 is 19.5 Å². The van der Waals surface area contributed by atoms with Crippen LogP contribution in [0.1, 0.15) is 46.5 Å². The second kappa shape index (κ2) is 9.23. The fourth-order valence-electron chi connectivity index (χ4n) is 3.51. The van der Waals surface area contributed by atoms with Crippen LogP contribution >= 0.6 is 0 Å². The quantitative estimate of drug-likeness (QED) is 0.745. The van der Waals surface area contributed by atoms with Gasteiger partial charge in [-0.1, -0.05) is 0 Å². The molecule has 0 radical (unpaired) electrons. The molecule has 28 heavy (non-hydrogen) atoms. The van der Waals surface area contributed by atoms with Crippen molar-refractivity contribution in [3.63, 3.8) is 0 Å². The molecule has 1 fully saturated rings. The molecule has 0 unspecified atom stereocenters. The van der Waals surface area contributed by atoms with Crippen molar-refractivity contribution in [2.45, 2.75) is 64.7 Å². The molecule has 8 nitrogen and oxygen atoms in total. The molecule has 0 aromatic carbocycles. The van der Waals surface area contributed by atoms with Crippen molar-refractivity contribution in [1.82, 2.24) is 19.9 Å². The highest BCUT2D eigenvalue weighted by Gasteiger charge is 2.24. The maximum absolute atomic E-state index is 11.1. The van der Waals surface area contributed by atoms with E-state index in [2.05, 4.69) is 15.3 Å². The Kier molecular flexibility index (Phi) is 6.72. The fraction of sp³-hybridized carbons (Fsp3) is 0.650. The zero-order valence-corrected chi connectivity index (χ0v) is 17.1. The number of carbonyl (C=O) groups excluding carboxylic acids is 1. The first-order valence-corrected chi connectivity index (χ1v) is 9.98.